The molecule has 1 aliphatic rings. The second kappa shape index (κ2) is 10.7. The van der Waals surface area contributed by atoms with E-state index in [1.807, 2.05) is 36.2 Å². The van der Waals surface area contributed by atoms with Crippen molar-refractivity contribution in [1.29, 1.82) is 0 Å². The predicted octanol–water partition coefficient (Wildman–Crippen LogP) is 5.12. The molecule has 1 aromatic heterocycles. The standard InChI is InChI=1S/C28H33N3O3/c1-19-7-5-8-22(15-19)24-17-29-20(2)30-28(24)23-9-6-14-31(18-23)27(32)13-11-21-10-12-25(33-3)26(16-21)34-4/h5,7-8,10,12,15-17,23H,6,9,11,13-14,18H2,1-4H3. The minimum atomic E-state index is 0.183. The molecule has 1 saturated heterocycles. The van der Waals surface area contributed by atoms with E-state index in [0.717, 1.165) is 47.6 Å². The Bertz CT molecular complexity index is 1160. The van der Waals surface area contributed by atoms with Crippen molar-refractivity contribution in [2.45, 2.75) is 45.4 Å². The Morgan fingerprint density at radius 3 is 2.68 bits per heavy atom. The Hall–Kier alpha value is -3.41. The number of carbonyl (C=O) groups excluding carboxylic acids is 1. The van der Waals surface area contributed by atoms with Crippen LogP contribution in [0.2, 0.25) is 0 Å². The minimum Gasteiger partial charge on any atom is -0.493 e. The number of aromatic nitrogens is 2. The SMILES string of the molecule is COc1ccc(CCC(=O)N2CCCC(c3nc(C)ncc3-c3cccc(C)c3)C2)cc1OC. The Kier molecular flexibility index (Phi) is 7.46. The Morgan fingerprint density at radius 2 is 1.91 bits per heavy atom. The number of rotatable bonds is 7. The summed E-state index contributed by atoms with van der Waals surface area (Å²) in [6.07, 6.45) is 5.07. The third kappa shape index (κ3) is 5.38. The minimum absolute atomic E-state index is 0.183. The molecule has 0 spiro atoms. The molecule has 2 heterocycles. The number of amides is 1. The van der Waals surface area contributed by atoms with Crippen LogP contribution in [0.25, 0.3) is 11.1 Å². The van der Waals surface area contributed by atoms with Gasteiger partial charge < -0.3 is 14.4 Å². The fraction of sp³-hybridized carbons (Fsp3) is 0.393. The Labute approximate surface area is 202 Å². The summed E-state index contributed by atoms with van der Waals surface area (Å²) in [4.78, 5) is 24.5. The summed E-state index contributed by atoms with van der Waals surface area (Å²) in [6.45, 7) is 5.52. The van der Waals surface area contributed by atoms with Gasteiger partial charge in [-0.25, -0.2) is 9.97 Å². The number of carbonyl (C=O) groups is 1. The highest BCUT2D eigenvalue weighted by Crippen LogP contribution is 2.34. The first kappa shape index (κ1) is 23.7. The van der Waals surface area contributed by atoms with Crippen molar-refractivity contribution < 1.29 is 14.3 Å². The van der Waals surface area contributed by atoms with Crippen molar-refractivity contribution in [1.82, 2.24) is 14.9 Å². The second-order valence-corrected chi connectivity index (χ2v) is 8.95. The lowest BCUT2D eigenvalue weighted by atomic mass is 9.89. The molecule has 0 radical (unpaired) electrons. The van der Waals surface area contributed by atoms with Gasteiger partial charge in [0.05, 0.1) is 19.9 Å². The van der Waals surface area contributed by atoms with Gasteiger partial charge in [0.2, 0.25) is 5.91 Å². The lowest BCUT2D eigenvalue weighted by Gasteiger charge is -2.33. The highest BCUT2D eigenvalue weighted by atomic mass is 16.5. The molecule has 6 nitrogen and oxygen atoms in total. The van der Waals surface area contributed by atoms with E-state index >= 15 is 0 Å². The van der Waals surface area contributed by atoms with E-state index in [0.29, 0.717) is 30.9 Å². The van der Waals surface area contributed by atoms with Gasteiger partial charge in [-0.05, 0) is 56.4 Å². The molecule has 0 aliphatic carbocycles. The molecule has 0 saturated carbocycles. The van der Waals surface area contributed by atoms with E-state index in [1.54, 1.807) is 14.2 Å². The van der Waals surface area contributed by atoms with Gasteiger partial charge in [0.1, 0.15) is 5.82 Å². The van der Waals surface area contributed by atoms with Crippen molar-refractivity contribution in [3.8, 4) is 22.6 Å². The van der Waals surface area contributed by atoms with Crippen molar-refractivity contribution in [3.05, 3.63) is 71.3 Å². The molecule has 1 aliphatic heterocycles. The van der Waals surface area contributed by atoms with Crippen LogP contribution in [0, 0.1) is 13.8 Å². The largest absolute Gasteiger partial charge is 0.493 e. The number of piperidine rings is 1. The number of hydrogen-bond acceptors (Lipinski definition) is 5. The van der Waals surface area contributed by atoms with Gasteiger partial charge >= 0.3 is 0 Å². The van der Waals surface area contributed by atoms with Gasteiger partial charge in [-0.3, -0.25) is 4.79 Å². The summed E-state index contributed by atoms with van der Waals surface area (Å²) in [5.41, 5.74) is 5.52. The Balaban J connectivity index is 1.48. The van der Waals surface area contributed by atoms with Crippen LogP contribution in [0.15, 0.2) is 48.7 Å². The summed E-state index contributed by atoms with van der Waals surface area (Å²) in [6, 6.07) is 14.3. The third-order valence-corrected chi connectivity index (χ3v) is 6.50. The first-order chi connectivity index (χ1) is 16.5. The van der Waals surface area contributed by atoms with E-state index in [4.69, 9.17) is 14.5 Å². The van der Waals surface area contributed by atoms with Crippen LogP contribution in [0.5, 0.6) is 11.5 Å². The summed E-state index contributed by atoms with van der Waals surface area (Å²) in [5.74, 6) is 2.54. The molecule has 1 fully saturated rings. The van der Waals surface area contributed by atoms with Crippen molar-refractivity contribution in [2.75, 3.05) is 27.3 Å². The first-order valence-corrected chi connectivity index (χ1v) is 11.9. The fourth-order valence-corrected chi connectivity index (χ4v) is 4.71. The van der Waals surface area contributed by atoms with E-state index in [9.17, 15) is 4.79 Å². The number of hydrogen-bond donors (Lipinski definition) is 0. The average molecular weight is 460 g/mol. The number of ether oxygens (including phenoxy) is 2. The highest BCUT2D eigenvalue weighted by Gasteiger charge is 2.28. The summed E-state index contributed by atoms with van der Waals surface area (Å²) >= 11 is 0. The lowest BCUT2D eigenvalue weighted by molar-refractivity contribution is -0.132. The van der Waals surface area contributed by atoms with Gasteiger partial charge in [-0.15, -0.1) is 0 Å². The maximum absolute atomic E-state index is 13.1. The molecule has 2 aromatic carbocycles. The van der Waals surface area contributed by atoms with Crippen LogP contribution in [-0.4, -0.2) is 48.1 Å². The predicted molar refractivity (Wildman–Crippen MR) is 133 cm³/mol. The second-order valence-electron chi connectivity index (χ2n) is 8.95. The lowest BCUT2D eigenvalue weighted by Crippen LogP contribution is -2.39. The van der Waals surface area contributed by atoms with E-state index < -0.39 is 0 Å². The van der Waals surface area contributed by atoms with Crippen LogP contribution < -0.4 is 9.47 Å². The van der Waals surface area contributed by atoms with E-state index in [2.05, 4.69) is 36.2 Å². The van der Waals surface area contributed by atoms with Crippen LogP contribution in [0.1, 0.15) is 47.8 Å². The van der Waals surface area contributed by atoms with Crippen LogP contribution in [0.4, 0.5) is 0 Å². The highest BCUT2D eigenvalue weighted by molar-refractivity contribution is 5.77. The number of benzene rings is 2. The third-order valence-electron chi connectivity index (χ3n) is 6.50. The van der Waals surface area contributed by atoms with Crippen molar-refractivity contribution in [3.63, 3.8) is 0 Å². The zero-order chi connectivity index (χ0) is 24.1. The van der Waals surface area contributed by atoms with Gasteiger partial charge in [0, 0.05) is 37.2 Å². The van der Waals surface area contributed by atoms with Gasteiger partial charge in [-0.1, -0.05) is 35.9 Å². The van der Waals surface area contributed by atoms with E-state index in [1.165, 1.54) is 5.56 Å². The van der Waals surface area contributed by atoms with Gasteiger partial charge in [-0.2, -0.15) is 0 Å². The molecule has 0 N–H and O–H groups in total. The number of aryl methyl sites for hydroxylation is 3. The fourth-order valence-electron chi connectivity index (χ4n) is 4.71. The van der Waals surface area contributed by atoms with Crippen molar-refractivity contribution in [2.24, 2.45) is 0 Å². The summed E-state index contributed by atoms with van der Waals surface area (Å²) < 4.78 is 10.7. The molecule has 178 valence electrons. The molecule has 1 atom stereocenters. The molecule has 1 unspecified atom stereocenters. The number of nitrogens with zero attached hydrogens (tertiary/aromatic N) is 3. The zero-order valence-corrected chi connectivity index (χ0v) is 20.5. The monoisotopic (exact) mass is 459 g/mol. The maximum Gasteiger partial charge on any atom is 0.222 e. The first-order valence-electron chi connectivity index (χ1n) is 11.9. The number of methoxy groups -OCH3 is 2. The molecule has 1 amide bonds. The smallest absolute Gasteiger partial charge is 0.222 e. The normalized spacial score (nSPS) is 15.8. The molecular weight excluding hydrogens is 426 g/mol. The molecule has 6 heteroatoms. The van der Waals surface area contributed by atoms with Crippen LogP contribution in [0.3, 0.4) is 0 Å². The molecular formula is C28H33N3O3. The summed E-state index contributed by atoms with van der Waals surface area (Å²) in [7, 11) is 3.25. The quantitative estimate of drug-likeness (QED) is 0.491. The molecule has 34 heavy (non-hydrogen) atoms. The average Bonchev–Trinajstić information content (AvgIpc) is 2.87. The van der Waals surface area contributed by atoms with Crippen LogP contribution >= 0.6 is 0 Å². The van der Waals surface area contributed by atoms with Crippen molar-refractivity contribution >= 4 is 5.91 Å². The summed E-state index contributed by atoms with van der Waals surface area (Å²) in [5, 5.41) is 0. The van der Waals surface area contributed by atoms with Gasteiger partial charge in [0.25, 0.3) is 0 Å². The van der Waals surface area contributed by atoms with Crippen LogP contribution in [-0.2, 0) is 11.2 Å². The van der Waals surface area contributed by atoms with Gasteiger partial charge in [0.15, 0.2) is 11.5 Å². The molecule has 3 aromatic rings. The Morgan fingerprint density at radius 1 is 1.09 bits per heavy atom. The topological polar surface area (TPSA) is 64.5 Å². The number of likely N-dealkylation sites (tertiary alicyclic amines) is 1. The van der Waals surface area contributed by atoms with E-state index in [-0.39, 0.29) is 11.8 Å². The molecule has 4 rings (SSSR count). The maximum atomic E-state index is 13.1. The zero-order valence-electron chi connectivity index (χ0n) is 20.5. The molecule has 0 bridgehead atoms.